The molecule has 0 aromatic carbocycles. The van der Waals surface area contributed by atoms with Crippen molar-refractivity contribution >= 4 is 29.8 Å². The first kappa shape index (κ1) is 38.2. The van der Waals surface area contributed by atoms with Crippen LogP contribution in [0.15, 0.2) is 22.8 Å². The third-order valence-corrected chi connectivity index (χ3v) is 9.53. The summed E-state index contributed by atoms with van der Waals surface area (Å²) in [7, 11) is 0. The second-order valence-corrected chi connectivity index (χ2v) is 13.3. The molecule has 3 rings (SSSR count). The van der Waals surface area contributed by atoms with E-state index in [1.165, 1.54) is 6.92 Å². The molecule has 0 bridgehead atoms. The number of esters is 5. The maximum atomic E-state index is 13.4. The van der Waals surface area contributed by atoms with E-state index in [-0.39, 0.29) is 29.6 Å². The minimum Gasteiger partial charge on any atom is -0.459 e. The van der Waals surface area contributed by atoms with Crippen molar-refractivity contribution in [2.75, 3.05) is 0 Å². The predicted octanol–water partition coefficient (Wildman–Crippen LogP) is 2.90. The molecule has 3 N–H and O–H groups in total. The number of carbonyl (C=O) groups excluding carboxylic acids is 5. The number of hydrogen-bond acceptors (Lipinski definition) is 13. The van der Waals surface area contributed by atoms with Crippen LogP contribution in [0.1, 0.15) is 107 Å². The van der Waals surface area contributed by atoms with Crippen molar-refractivity contribution < 1.29 is 63.0 Å². The number of carbonyl (C=O) groups is 5. The second-order valence-electron chi connectivity index (χ2n) is 13.3. The van der Waals surface area contributed by atoms with Crippen LogP contribution in [0.25, 0.3) is 0 Å². The molecule has 1 saturated carbocycles. The SMILES string of the molecule is C/C=C(/C)C(=O)O[C@H]1C(C)=C2[C@H]([C@@H]1OC(=O)CCCCC[C@@H](C)O)[C@@](C)(OC(C)=O)C[C@H](OC(=O)CCC)[C@@]1(O)[C@H]2OC(=O)[C@@]1(C)O. The molecular weight excluding hydrogens is 616 g/mol. The van der Waals surface area contributed by atoms with Gasteiger partial charge in [-0.15, -0.1) is 0 Å². The van der Waals surface area contributed by atoms with Crippen LogP contribution in [0.5, 0.6) is 0 Å². The van der Waals surface area contributed by atoms with Gasteiger partial charge in [-0.25, -0.2) is 9.59 Å². The van der Waals surface area contributed by atoms with Gasteiger partial charge >= 0.3 is 29.8 Å². The van der Waals surface area contributed by atoms with E-state index >= 15 is 0 Å². The third-order valence-electron chi connectivity index (χ3n) is 9.53. The van der Waals surface area contributed by atoms with Crippen molar-refractivity contribution in [2.45, 2.75) is 154 Å². The highest BCUT2D eigenvalue weighted by atomic mass is 16.6. The molecule has 1 saturated heterocycles. The van der Waals surface area contributed by atoms with Crippen LogP contribution in [0, 0.1) is 5.92 Å². The van der Waals surface area contributed by atoms with Crippen molar-refractivity contribution in [3.8, 4) is 0 Å². The quantitative estimate of drug-likeness (QED) is 0.0855. The lowest BCUT2D eigenvalue weighted by molar-refractivity contribution is -0.212. The first-order valence-electron chi connectivity index (χ1n) is 16.3. The van der Waals surface area contributed by atoms with Gasteiger partial charge in [-0.05, 0) is 72.0 Å². The average molecular weight is 667 g/mol. The van der Waals surface area contributed by atoms with Gasteiger partial charge < -0.3 is 39.0 Å². The average Bonchev–Trinajstić information content (AvgIpc) is 3.30. The molecule has 2 aliphatic carbocycles. The standard InChI is InChI=1S/C34H50O13/c1-9-14-23(37)43-22-17-32(7,47-21(6)36)26-25(29-34(22,42)33(8,41)31(40)46-29)20(5)27(45-30(39)18(3)10-2)28(26)44-24(38)16-13-11-12-15-19(4)35/h10,19,22,26-29,35,41-42H,9,11-17H2,1-8H3/b18-10-/t19-,22+,26-,27+,28+,29+,32+,33-,34-/m1/s1. The fraction of sp³-hybridized carbons (Fsp3) is 0.735. The Balaban J connectivity index is 2.20. The van der Waals surface area contributed by atoms with Gasteiger partial charge in [0.1, 0.15) is 11.7 Å². The largest absolute Gasteiger partial charge is 0.459 e. The zero-order valence-corrected chi connectivity index (χ0v) is 28.6. The van der Waals surface area contributed by atoms with E-state index in [1.54, 1.807) is 40.7 Å². The van der Waals surface area contributed by atoms with E-state index in [9.17, 15) is 39.3 Å². The molecule has 0 radical (unpaired) electrons. The summed E-state index contributed by atoms with van der Waals surface area (Å²) in [5, 5.41) is 33.4. The number of fused-ring (bicyclic) bond motifs is 3. The zero-order valence-electron chi connectivity index (χ0n) is 28.6. The summed E-state index contributed by atoms with van der Waals surface area (Å²) >= 11 is 0. The van der Waals surface area contributed by atoms with E-state index in [4.69, 9.17) is 23.7 Å². The summed E-state index contributed by atoms with van der Waals surface area (Å²) in [5.41, 5.74) is -6.27. The topological polar surface area (TPSA) is 192 Å². The summed E-state index contributed by atoms with van der Waals surface area (Å²) in [6, 6.07) is 0. The summed E-state index contributed by atoms with van der Waals surface area (Å²) in [4.78, 5) is 65.1. The fourth-order valence-electron chi connectivity index (χ4n) is 6.91. The molecule has 13 heteroatoms. The van der Waals surface area contributed by atoms with Crippen LogP contribution in [0.2, 0.25) is 0 Å². The van der Waals surface area contributed by atoms with Gasteiger partial charge in [0.2, 0.25) is 0 Å². The smallest absolute Gasteiger partial charge is 0.341 e. The molecule has 1 aliphatic heterocycles. The highest BCUT2D eigenvalue weighted by Crippen LogP contribution is 2.57. The van der Waals surface area contributed by atoms with Crippen molar-refractivity contribution in [3.05, 3.63) is 22.8 Å². The van der Waals surface area contributed by atoms with Crippen molar-refractivity contribution in [1.82, 2.24) is 0 Å². The summed E-state index contributed by atoms with van der Waals surface area (Å²) in [5.74, 6) is -5.21. The maximum Gasteiger partial charge on any atom is 0.341 e. The lowest BCUT2D eigenvalue weighted by Gasteiger charge is -2.41. The van der Waals surface area contributed by atoms with Gasteiger partial charge in [0, 0.05) is 31.8 Å². The van der Waals surface area contributed by atoms with E-state index in [1.807, 2.05) is 0 Å². The Bertz CT molecular complexity index is 1300. The first-order chi connectivity index (χ1) is 21.8. The molecule has 0 unspecified atom stereocenters. The van der Waals surface area contributed by atoms with Crippen LogP contribution < -0.4 is 0 Å². The molecule has 0 spiro atoms. The van der Waals surface area contributed by atoms with E-state index in [0.29, 0.717) is 32.1 Å². The second kappa shape index (κ2) is 14.9. The molecule has 264 valence electrons. The fourth-order valence-corrected chi connectivity index (χ4v) is 6.91. The number of allylic oxidation sites excluding steroid dienone is 1. The maximum absolute atomic E-state index is 13.4. The summed E-state index contributed by atoms with van der Waals surface area (Å²) < 4.78 is 29.2. The van der Waals surface area contributed by atoms with Crippen LogP contribution in [0.3, 0.4) is 0 Å². The Labute approximate surface area is 275 Å². The number of hydrogen-bond donors (Lipinski definition) is 3. The minimum atomic E-state index is -2.59. The van der Waals surface area contributed by atoms with Crippen LogP contribution in [-0.4, -0.2) is 92.5 Å². The minimum absolute atomic E-state index is 0.00936. The molecule has 0 aromatic rings. The lowest BCUT2D eigenvalue weighted by atomic mass is 9.75. The van der Waals surface area contributed by atoms with Gasteiger partial charge in [-0.2, -0.15) is 0 Å². The first-order valence-corrected chi connectivity index (χ1v) is 16.3. The van der Waals surface area contributed by atoms with Gasteiger partial charge in [-0.3, -0.25) is 14.4 Å². The van der Waals surface area contributed by atoms with Gasteiger partial charge in [-0.1, -0.05) is 25.8 Å². The Kier molecular flexibility index (Phi) is 12.1. The monoisotopic (exact) mass is 666 g/mol. The van der Waals surface area contributed by atoms with Crippen molar-refractivity contribution in [1.29, 1.82) is 0 Å². The predicted molar refractivity (Wildman–Crippen MR) is 165 cm³/mol. The molecule has 3 aliphatic rings. The molecule has 13 nitrogen and oxygen atoms in total. The van der Waals surface area contributed by atoms with Crippen LogP contribution >= 0.6 is 0 Å². The zero-order chi connectivity index (χ0) is 35.5. The summed E-state index contributed by atoms with van der Waals surface area (Å²) in [6.07, 6.45) is -2.53. The van der Waals surface area contributed by atoms with Gasteiger partial charge in [0.05, 0.1) is 12.0 Å². The third kappa shape index (κ3) is 7.57. The van der Waals surface area contributed by atoms with E-state index in [2.05, 4.69) is 0 Å². The Morgan fingerprint density at radius 1 is 1.02 bits per heavy atom. The normalized spacial score (nSPS) is 34.1. The molecule has 0 aromatic heterocycles. The number of aliphatic hydroxyl groups excluding tert-OH is 1. The van der Waals surface area contributed by atoms with Crippen molar-refractivity contribution in [2.24, 2.45) is 5.92 Å². The molecule has 1 heterocycles. The number of ether oxygens (including phenoxy) is 5. The highest BCUT2D eigenvalue weighted by molar-refractivity contribution is 5.88. The van der Waals surface area contributed by atoms with Crippen molar-refractivity contribution in [3.63, 3.8) is 0 Å². The van der Waals surface area contributed by atoms with Crippen LogP contribution in [-0.2, 0) is 47.7 Å². The van der Waals surface area contributed by atoms with Gasteiger partial charge in [0.25, 0.3) is 0 Å². The van der Waals surface area contributed by atoms with E-state index < -0.39 is 89.5 Å². The Hall–Kier alpha value is -3.29. The molecule has 0 amide bonds. The number of rotatable bonds is 13. The number of unbranched alkanes of at least 4 members (excludes halogenated alkanes) is 2. The Morgan fingerprint density at radius 2 is 1.66 bits per heavy atom. The molecule has 47 heavy (non-hydrogen) atoms. The highest BCUT2D eigenvalue weighted by Gasteiger charge is 2.76. The molecule has 2 fully saturated rings. The Morgan fingerprint density at radius 3 is 2.23 bits per heavy atom. The van der Waals surface area contributed by atoms with Crippen LogP contribution in [0.4, 0.5) is 0 Å². The molecule has 9 atom stereocenters. The van der Waals surface area contributed by atoms with E-state index in [0.717, 1.165) is 13.8 Å². The molecular formula is C34H50O13. The lowest BCUT2D eigenvalue weighted by Crippen LogP contribution is -2.64. The number of aliphatic hydroxyl groups is 3. The summed E-state index contributed by atoms with van der Waals surface area (Å²) in [6.45, 7) is 11.9. The van der Waals surface area contributed by atoms with Gasteiger partial charge in [0.15, 0.2) is 29.5 Å².